The van der Waals surface area contributed by atoms with E-state index in [0.29, 0.717) is 11.5 Å². The summed E-state index contributed by atoms with van der Waals surface area (Å²) in [7, 11) is 0. The maximum Gasteiger partial charge on any atom is 0.274 e. The van der Waals surface area contributed by atoms with Crippen LogP contribution >= 0.6 is 0 Å². The van der Waals surface area contributed by atoms with Crippen molar-refractivity contribution in [3.8, 4) is 5.69 Å². The molecule has 0 atom stereocenters. The summed E-state index contributed by atoms with van der Waals surface area (Å²) in [5, 5.41) is 4.32. The Labute approximate surface area is 111 Å². The highest BCUT2D eigenvalue weighted by molar-refractivity contribution is 5.93. The van der Waals surface area contributed by atoms with E-state index in [0.717, 1.165) is 31.6 Å². The van der Waals surface area contributed by atoms with Gasteiger partial charge >= 0.3 is 0 Å². The Balaban J connectivity index is 1.91. The van der Waals surface area contributed by atoms with Crippen molar-refractivity contribution < 1.29 is 4.79 Å². The number of nitrogens with two attached hydrogens (primary N) is 1. The van der Waals surface area contributed by atoms with Crippen LogP contribution in [0.1, 0.15) is 23.3 Å². The Kier molecular flexibility index (Phi) is 2.95. The standard InChI is InChI=1S/C14H16N4O/c15-13-10-12(14(19)17-8-4-5-9-17)16-18(13)11-6-2-1-3-7-11/h1-3,6-7,10H,4-5,8-9,15H2. The normalized spacial score (nSPS) is 14.8. The van der Waals surface area contributed by atoms with Crippen LogP contribution in [0.4, 0.5) is 5.82 Å². The number of nitrogens with zero attached hydrogens (tertiary/aromatic N) is 3. The van der Waals surface area contributed by atoms with E-state index < -0.39 is 0 Å². The number of hydrogen-bond acceptors (Lipinski definition) is 3. The summed E-state index contributed by atoms with van der Waals surface area (Å²) in [5.74, 6) is 0.452. The van der Waals surface area contributed by atoms with Crippen LogP contribution in [0.15, 0.2) is 36.4 Å². The first kappa shape index (κ1) is 11.8. The number of nitrogen functional groups attached to an aromatic ring is 1. The van der Waals surface area contributed by atoms with E-state index in [1.807, 2.05) is 35.2 Å². The zero-order valence-corrected chi connectivity index (χ0v) is 10.6. The quantitative estimate of drug-likeness (QED) is 0.889. The van der Waals surface area contributed by atoms with Gasteiger partial charge in [-0.25, -0.2) is 4.68 Å². The van der Waals surface area contributed by atoms with Crippen LogP contribution in [-0.2, 0) is 0 Å². The molecule has 19 heavy (non-hydrogen) atoms. The minimum Gasteiger partial charge on any atom is -0.384 e. The van der Waals surface area contributed by atoms with E-state index in [-0.39, 0.29) is 5.91 Å². The smallest absolute Gasteiger partial charge is 0.274 e. The van der Waals surface area contributed by atoms with E-state index in [9.17, 15) is 4.79 Å². The van der Waals surface area contributed by atoms with E-state index in [4.69, 9.17) is 5.73 Å². The second kappa shape index (κ2) is 4.76. The first-order valence-electron chi connectivity index (χ1n) is 6.46. The fourth-order valence-electron chi connectivity index (χ4n) is 2.36. The lowest BCUT2D eigenvalue weighted by Gasteiger charge is -2.12. The lowest BCUT2D eigenvalue weighted by Crippen LogP contribution is -2.28. The highest BCUT2D eigenvalue weighted by Gasteiger charge is 2.22. The molecule has 0 bridgehead atoms. The average Bonchev–Trinajstić information content (AvgIpc) is 3.08. The number of para-hydroxylation sites is 1. The molecule has 1 aromatic carbocycles. The number of carbonyl (C=O) groups excluding carboxylic acids is 1. The summed E-state index contributed by atoms with van der Waals surface area (Å²) >= 11 is 0. The molecule has 2 N–H and O–H groups in total. The van der Waals surface area contributed by atoms with Crippen molar-refractivity contribution >= 4 is 11.7 Å². The van der Waals surface area contributed by atoms with Gasteiger partial charge in [-0.1, -0.05) is 18.2 Å². The molecule has 2 aromatic rings. The lowest BCUT2D eigenvalue weighted by molar-refractivity contribution is 0.0786. The summed E-state index contributed by atoms with van der Waals surface area (Å²) in [6, 6.07) is 11.2. The number of amides is 1. The molecule has 0 spiro atoms. The van der Waals surface area contributed by atoms with Crippen molar-refractivity contribution in [3.63, 3.8) is 0 Å². The Bertz CT molecular complexity index is 585. The zero-order chi connectivity index (χ0) is 13.2. The van der Waals surface area contributed by atoms with Gasteiger partial charge in [0, 0.05) is 19.2 Å². The molecule has 98 valence electrons. The third kappa shape index (κ3) is 2.19. The van der Waals surface area contributed by atoms with Crippen molar-refractivity contribution in [1.29, 1.82) is 0 Å². The molecular weight excluding hydrogens is 240 g/mol. The number of aromatic nitrogens is 2. The van der Waals surface area contributed by atoms with Gasteiger partial charge in [-0.15, -0.1) is 0 Å². The molecule has 5 heteroatoms. The molecule has 1 saturated heterocycles. The van der Waals surface area contributed by atoms with E-state index in [1.54, 1.807) is 10.7 Å². The van der Waals surface area contributed by atoms with Crippen molar-refractivity contribution in [1.82, 2.24) is 14.7 Å². The van der Waals surface area contributed by atoms with Gasteiger partial charge in [0.1, 0.15) is 5.82 Å². The number of anilines is 1. The van der Waals surface area contributed by atoms with Gasteiger partial charge in [-0.2, -0.15) is 5.10 Å². The maximum absolute atomic E-state index is 12.2. The van der Waals surface area contributed by atoms with Gasteiger partial charge in [0.05, 0.1) is 5.69 Å². The van der Waals surface area contributed by atoms with Gasteiger partial charge in [0.25, 0.3) is 5.91 Å². The number of rotatable bonds is 2. The van der Waals surface area contributed by atoms with E-state index in [2.05, 4.69) is 5.10 Å². The van der Waals surface area contributed by atoms with Crippen LogP contribution in [0.3, 0.4) is 0 Å². The van der Waals surface area contributed by atoms with Crippen molar-refractivity contribution in [2.45, 2.75) is 12.8 Å². The molecule has 1 aliphatic heterocycles. The SMILES string of the molecule is Nc1cc(C(=O)N2CCCC2)nn1-c1ccccc1. The molecular formula is C14H16N4O. The minimum atomic E-state index is -0.0288. The summed E-state index contributed by atoms with van der Waals surface area (Å²) < 4.78 is 1.60. The Morgan fingerprint density at radius 2 is 1.84 bits per heavy atom. The van der Waals surface area contributed by atoms with Gasteiger partial charge < -0.3 is 10.6 Å². The van der Waals surface area contributed by atoms with Crippen LogP contribution < -0.4 is 5.73 Å². The molecule has 1 fully saturated rings. The second-order valence-corrected chi connectivity index (χ2v) is 4.70. The highest BCUT2D eigenvalue weighted by atomic mass is 16.2. The molecule has 2 heterocycles. The third-order valence-electron chi connectivity index (χ3n) is 3.35. The molecule has 1 aliphatic rings. The fourth-order valence-corrected chi connectivity index (χ4v) is 2.36. The molecule has 3 rings (SSSR count). The summed E-state index contributed by atoms with van der Waals surface area (Å²) in [6.45, 7) is 1.63. The monoisotopic (exact) mass is 256 g/mol. The topological polar surface area (TPSA) is 64.2 Å². The van der Waals surface area contributed by atoms with Crippen molar-refractivity contribution in [3.05, 3.63) is 42.1 Å². The Morgan fingerprint density at radius 3 is 2.53 bits per heavy atom. The van der Waals surface area contributed by atoms with Crippen LogP contribution in [0, 0.1) is 0 Å². The minimum absolute atomic E-state index is 0.0288. The molecule has 0 unspecified atom stereocenters. The number of likely N-dealkylation sites (tertiary alicyclic amines) is 1. The first-order valence-corrected chi connectivity index (χ1v) is 6.46. The number of hydrogen-bond donors (Lipinski definition) is 1. The summed E-state index contributed by atoms with van der Waals surface area (Å²) in [4.78, 5) is 14.1. The highest BCUT2D eigenvalue weighted by Crippen LogP contribution is 2.17. The number of benzene rings is 1. The molecule has 0 radical (unpaired) electrons. The predicted octanol–water partition coefficient (Wildman–Crippen LogP) is 1.69. The van der Waals surface area contributed by atoms with Gasteiger partial charge in [0.2, 0.25) is 0 Å². The molecule has 5 nitrogen and oxygen atoms in total. The van der Waals surface area contributed by atoms with Crippen LogP contribution in [-0.4, -0.2) is 33.7 Å². The molecule has 0 saturated carbocycles. The predicted molar refractivity (Wildman–Crippen MR) is 73.1 cm³/mol. The average molecular weight is 256 g/mol. The van der Waals surface area contributed by atoms with E-state index in [1.165, 1.54) is 0 Å². The van der Waals surface area contributed by atoms with Gasteiger partial charge in [-0.3, -0.25) is 4.79 Å². The summed E-state index contributed by atoms with van der Waals surface area (Å²) in [6.07, 6.45) is 2.14. The van der Waals surface area contributed by atoms with Crippen molar-refractivity contribution in [2.75, 3.05) is 18.8 Å². The lowest BCUT2D eigenvalue weighted by atomic mass is 10.3. The Morgan fingerprint density at radius 1 is 1.16 bits per heavy atom. The number of carbonyl (C=O) groups is 1. The largest absolute Gasteiger partial charge is 0.384 e. The Hall–Kier alpha value is -2.30. The molecule has 1 amide bonds. The van der Waals surface area contributed by atoms with Crippen LogP contribution in [0.5, 0.6) is 0 Å². The fraction of sp³-hybridized carbons (Fsp3) is 0.286. The first-order chi connectivity index (χ1) is 9.25. The second-order valence-electron chi connectivity index (χ2n) is 4.70. The van der Waals surface area contributed by atoms with Crippen molar-refractivity contribution in [2.24, 2.45) is 0 Å². The van der Waals surface area contributed by atoms with Crippen LogP contribution in [0.2, 0.25) is 0 Å². The molecule has 0 aliphatic carbocycles. The molecule has 1 aromatic heterocycles. The van der Waals surface area contributed by atoms with Gasteiger partial charge in [-0.05, 0) is 25.0 Å². The summed E-state index contributed by atoms with van der Waals surface area (Å²) in [5.41, 5.74) is 7.22. The zero-order valence-electron chi connectivity index (χ0n) is 10.6. The van der Waals surface area contributed by atoms with Gasteiger partial charge in [0.15, 0.2) is 5.69 Å². The van der Waals surface area contributed by atoms with Crippen LogP contribution in [0.25, 0.3) is 5.69 Å². The van der Waals surface area contributed by atoms with E-state index >= 15 is 0 Å². The maximum atomic E-state index is 12.2. The third-order valence-corrected chi connectivity index (χ3v) is 3.35.